The first-order valence-electron chi connectivity index (χ1n) is 24.9. The Bertz CT molecular complexity index is 4080. The van der Waals surface area contributed by atoms with E-state index in [1.807, 2.05) is 42.5 Å². The summed E-state index contributed by atoms with van der Waals surface area (Å²) in [5, 5.41) is 43.9. The van der Waals surface area contributed by atoms with Gasteiger partial charge in [0.25, 0.3) is 0 Å². The fourth-order valence-corrected chi connectivity index (χ4v) is 10.2. The molecule has 0 aliphatic heterocycles. The second-order valence-electron chi connectivity index (χ2n) is 18.2. The van der Waals surface area contributed by atoms with E-state index in [9.17, 15) is 21.0 Å². The van der Waals surface area contributed by atoms with Gasteiger partial charge in [0.1, 0.15) is 0 Å². The maximum absolute atomic E-state index is 10.8. The molecule has 0 amide bonds. The van der Waals surface area contributed by atoms with Gasteiger partial charge in [-0.05, 0) is 139 Å². The third kappa shape index (κ3) is 8.71. The second-order valence-corrected chi connectivity index (χ2v) is 18.2. The fourth-order valence-electron chi connectivity index (χ4n) is 10.2. The van der Waals surface area contributed by atoms with Crippen molar-refractivity contribution >= 4 is 55.9 Å². The van der Waals surface area contributed by atoms with Crippen LogP contribution in [0.25, 0.3) is 72.5 Å². The highest BCUT2D eigenvalue weighted by molar-refractivity contribution is 6.12. The van der Waals surface area contributed by atoms with Gasteiger partial charge < -0.3 is 14.4 Å². The van der Waals surface area contributed by atoms with Crippen molar-refractivity contribution in [2.24, 2.45) is 0 Å². The van der Waals surface area contributed by atoms with Gasteiger partial charge in [-0.2, -0.15) is 21.0 Å². The lowest BCUT2D eigenvalue weighted by Gasteiger charge is -2.26. The topological polar surface area (TPSA) is 132 Å². The van der Waals surface area contributed by atoms with Crippen molar-refractivity contribution in [1.82, 2.24) is 14.5 Å². The Morgan fingerprint density at radius 3 is 1.17 bits per heavy atom. The summed E-state index contributed by atoms with van der Waals surface area (Å²) in [5.74, 6) is 0.247. The lowest BCUT2D eigenvalue weighted by Crippen LogP contribution is -2.09. The van der Waals surface area contributed by atoms with Crippen molar-refractivity contribution in [3.63, 3.8) is 0 Å². The van der Waals surface area contributed by atoms with Crippen molar-refractivity contribution < 1.29 is 0 Å². The molecule has 0 bridgehead atoms. The Balaban J connectivity index is 0.999. The number of para-hydroxylation sites is 4. The van der Waals surface area contributed by atoms with E-state index >= 15 is 0 Å². The van der Waals surface area contributed by atoms with Crippen LogP contribution in [0.5, 0.6) is 0 Å². The average Bonchev–Trinajstić information content (AvgIpc) is 3.94. The predicted octanol–water partition coefficient (Wildman–Crippen LogP) is 16.7. The highest BCUT2D eigenvalue weighted by atomic mass is 15.1. The van der Waals surface area contributed by atoms with Crippen LogP contribution >= 0.6 is 0 Å². The molecule has 10 aromatic carbocycles. The number of anilines is 6. The van der Waals surface area contributed by atoms with E-state index in [1.54, 1.807) is 60.7 Å². The van der Waals surface area contributed by atoms with Gasteiger partial charge in [0, 0.05) is 72.8 Å². The first kappa shape index (κ1) is 46.7. The second kappa shape index (κ2) is 20.3. The molecule has 12 rings (SSSR count). The predicted molar refractivity (Wildman–Crippen MR) is 306 cm³/mol. The number of benzene rings is 10. The summed E-state index contributed by atoms with van der Waals surface area (Å²) in [4.78, 5) is 14.3. The molecule has 2 aromatic heterocycles. The minimum atomic E-state index is 0.247. The standard InChI is InChI=1S/C68H41N9/c69-42-47-17-13-15-27-58(47)64-41-65(74-68(73-64)59-28-16-14-18-48(59)43-70)61-38-49(44-71)60(37-50(61)45-72)46-29-31-55(32-30-46)77-66-35-33-56(75(51-19-5-1-6-20-51)52-21-7-2-8-22-52)39-62(66)63-40-57(34-36-67(63)77)76(53-23-9-3-10-24-53)54-25-11-4-12-26-54/h1-41H. The van der Waals surface area contributed by atoms with Gasteiger partial charge in [-0.1, -0.05) is 115 Å². The number of hydrogen-bond donors (Lipinski definition) is 0. The van der Waals surface area contributed by atoms with Crippen molar-refractivity contribution in [2.45, 2.75) is 0 Å². The van der Waals surface area contributed by atoms with Crippen LogP contribution in [0.1, 0.15) is 22.3 Å². The van der Waals surface area contributed by atoms with Crippen molar-refractivity contribution in [1.29, 1.82) is 21.0 Å². The maximum atomic E-state index is 10.8. The Morgan fingerprint density at radius 2 is 0.701 bits per heavy atom. The molecule has 12 aromatic rings. The van der Waals surface area contributed by atoms with E-state index in [4.69, 9.17) is 9.97 Å². The largest absolute Gasteiger partial charge is 0.310 e. The number of aromatic nitrogens is 3. The molecular formula is C68H41N9. The average molecular weight is 984 g/mol. The van der Waals surface area contributed by atoms with Gasteiger partial charge in [0.2, 0.25) is 0 Å². The van der Waals surface area contributed by atoms with Gasteiger partial charge in [-0.25, -0.2) is 9.97 Å². The lowest BCUT2D eigenvalue weighted by molar-refractivity contribution is 1.17. The third-order valence-electron chi connectivity index (χ3n) is 13.8. The molecule has 0 spiro atoms. The molecule has 77 heavy (non-hydrogen) atoms. The molecule has 2 heterocycles. The van der Waals surface area contributed by atoms with Crippen LogP contribution in [0.4, 0.5) is 34.1 Å². The lowest BCUT2D eigenvalue weighted by atomic mass is 9.92. The summed E-state index contributed by atoms with van der Waals surface area (Å²) in [6.45, 7) is 0. The summed E-state index contributed by atoms with van der Waals surface area (Å²) in [5.41, 5.74) is 14.1. The number of fused-ring (bicyclic) bond motifs is 3. The molecule has 0 saturated carbocycles. The van der Waals surface area contributed by atoms with Crippen molar-refractivity contribution in [3.05, 3.63) is 271 Å². The van der Waals surface area contributed by atoms with Crippen molar-refractivity contribution in [3.8, 4) is 75.0 Å². The fraction of sp³-hybridized carbons (Fsp3) is 0. The zero-order valence-corrected chi connectivity index (χ0v) is 41.2. The van der Waals surface area contributed by atoms with E-state index in [-0.39, 0.29) is 11.4 Å². The van der Waals surface area contributed by atoms with Crippen LogP contribution in [0.2, 0.25) is 0 Å². The van der Waals surface area contributed by atoms with E-state index in [2.05, 4.69) is 184 Å². The van der Waals surface area contributed by atoms with E-state index in [0.717, 1.165) is 67.2 Å². The summed E-state index contributed by atoms with van der Waals surface area (Å²) in [6, 6.07) is 91.5. The van der Waals surface area contributed by atoms with Gasteiger partial charge in [0.15, 0.2) is 5.82 Å². The van der Waals surface area contributed by atoms with Crippen LogP contribution in [0, 0.1) is 45.3 Å². The summed E-state index contributed by atoms with van der Waals surface area (Å²) >= 11 is 0. The zero-order chi connectivity index (χ0) is 52.2. The zero-order valence-electron chi connectivity index (χ0n) is 41.2. The molecule has 0 fully saturated rings. The minimum Gasteiger partial charge on any atom is -0.310 e. The highest BCUT2D eigenvalue weighted by Crippen LogP contribution is 2.43. The molecule has 0 aliphatic carbocycles. The van der Waals surface area contributed by atoms with Crippen LogP contribution in [-0.4, -0.2) is 14.5 Å². The molecule has 0 atom stereocenters. The maximum Gasteiger partial charge on any atom is 0.161 e. The molecule has 0 N–H and O–H groups in total. The molecule has 0 saturated heterocycles. The SMILES string of the molecule is N#Cc1cc(-c2cc(-c3ccccc3C#N)nc(-c3ccccc3C#N)n2)c(C#N)cc1-c1ccc(-n2c3ccc(N(c4ccccc4)c4ccccc4)cc3c3cc(N(c4ccccc4)c4ccccc4)ccc32)cc1. The Morgan fingerprint density at radius 1 is 0.312 bits per heavy atom. The normalized spacial score (nSPS) is 10.8. The minimum absolute atomic E-state index is 0.247. The summed E-state index contributed by atoms with van der Waals surface area (Å²) in [6.07, 6.45) is 0. The van der Waals surface area contributed by atoms with Gasteiger partial charge in [-0.3, -0.25) is 0 Å². The quantitative estimate of drug-likeness (QED) is 0.125. The Hall–Kier alpha value is -11.4. The molecule has 0 radical (unpaired) electrons. The first-order chi connectivity index (χ1) is 38.0. The molecule has 0 unspecified atom stereocenters. The first-order valence-corrected chi connectivity index (χ1v) is 24.9. The molecule has 0 aliphatic rings. The van der Waals surface area contributed by atoms with Crippen LogP contribution in [-0.2, 0) is 0 Å². The Kier molecular flexibility index (Phi) is 12.3. The number of hydrogen-bond acceptors (Lipinski definition) is 8. The monoisotopic (exact) mass is 983 g/mol. The van der Waals surface area contributed by atoms with E-state index in [0.29, 0.717) is 50.3 Å². The number of rotatable bonds is 11. The number of nitriles is 4. The summed E-state index contributed by atoms with van der Waals surface area (Å²) in [7, 11) is 0. The van der Waals surface area contributed by atoms with Gasteiger partial charge in [0.05, 0.1) is 69.0 Å². The van der Waals surface area contributed by atoms with Crippen LogP contribution < -0.4 is 9.80 Å². The van der Waals surface area contributed by atoms with Gasteiger partial charge in [-0.15, -0.1) is 0 Å². The Labute approximate surface area is 445 Å². The summed E-state index contributed by atoms with van der Waals surface area (Å²) < 4.78 is 2.28. The molecular weight excluding hydrogens is 943 g/mol. The van der Waals surface area contributed by atoms with Gasteiger partial charge >= 0.3 is 0 Å². The van der Waals surface area contributed by atoms with E-state index < -0.39 is 0 Å². The van der Waals surface area contributed by atoms with Crippen LogP contribution in [0.15, 0.2) is 249 Å². The number of nitrogens with zero attached hydrogens (tertiary/aromatic N) is 9. The van der Waals surface area contributed by atoms with Crippen LogP contribution in [0.3, 0.4) is 0 Å². The van der Waals surface area contributed by atoms with Crippen molar-refractivity contribution in [2.75, 3.05) is 9.80 Å². The highest BCUT2D eigenvalue weighted by Gasteiger charge is 2.22. The molecule has 358 valence electrons. The smallest absolute Gasteiger partial charge is 0.161 e. The molecule has 9 nitrogen and oxygen atoms in total. The molecule has 9 heteroatoms. The third-order valence-corrected chi connectivity index (χ3v) is 13.8. The van der Waals surface area contributed by atoms with E-state index in [1.165, 1.54) is 0 Å².